The van der Waals surface area contributed by atoms with Crippen LogP contribution in [0.5, 0.6) is 17.2 Å². The van der Waals surface area contributed by atoms with Gasteiger partial charge in [0, 0.05) is 6.07 Å². The molecular formula is C21H26O5. The van der Waals surface area contributed by atoms with Gasteiger partial charge in [0.2, 0.25) is 0 Å². The third-order valence-corrected chi connectivity index (χ3v) is 4.00. The van der Waals surface area contributed by atoms with E-state index >= 15 is 0 Å². The van der Waals surface area contributed by atoms with E-state index in [0.717, 1.165) is 18.6 Å². The Morgan fingerprint density at radius 1 is 0.923 bits per heavy atom. The molecule has 2 rings (SSSR count). The smallest absolute Gasteiger partial charge is 0.339 e. The zero-order chi connectivity index (χ0) is 19.2. The fourth-order valence-corrected chi connectivity index (χ4v) is 2.42. The first-order valence-electron chi connectivity index (χ1n) is 8.70. The number of carboxylic acids is 1. The number of ether oxygens (including phenoxy) is 2. The molecule has 0 amide bonds. The Hall–Kier alpha value is -2.69. The van der Waals surface area contributed by atoms with E-state index in [1.54, 1.807) is 0 Å². The first-order valence-corrected chi connectivity index (χ1v) is 8.70. The third kappa shape index (κ3) is 5.69. The van der Waals surface area contributed by atoms with Crippen LogP contribution >= 0.6 is 0 Å². The van der Waals surface area contributed by atoms with Crippen molar-refractivity contribution in [2.45, 2.75) is 39.0 Å². The van der Waals surface area contributed by atoms with E-state index < -0.39 is 5.97 Å². The lowest BCUT2D eigenvalue weighted by Crippen LogP contribution is -2.10. The number of hydrogen-bond donors (Lipinski definition) is 2. The van der Waals surface area contributed by atoms with E-state index in [2.05, 4.69) is 32.9 Å². The Morgan fingerprint density at radius 2 is 1.46 bits per heavy atom. The number of hydrogen-bond acceptors (Lipinski definition) is 4. The minimum Gasteiger partial charge on any atom is -0.507 e. The molecule has 0 atom stereocenters. The van der Waals surface area contributed by atoms with Crippen molar-refractivity contribution in [2.24, 2.45) is 0 Å². The van der Waals surface area contributed by atoms with Gasteiger partial charge in [-0.2, -0.15) is 0 Å². The Morgan fingerprint density at radius 3 is 1.96 bits per heavy atom. The quantitative estimate of drug-likeness (QED) is 0.673. The van der Waals surface area contributed by atoms with Crippen LogP contribution in [0.1, 0.15) is 49.5 Å². The van der Waals surface area contributed by atoms with Gasteiger partial charge in [-0.15, -0.1) is 0 Å². The van der Waals surface area contributed by atoms with E-state index in [9.17, 15) is 9.90 Å². The van der Waals surface area contributed by atoms with Gasteiger partial charge in [0.05, 0.1) is 13.2 Å². The second-order valence-corrected chi connectivity index (χ2v) is 7.16. The van der Waals surface area contributed by atoms with Crippen molar-refractivity contribution < 1.29 is 24.5 Å². The number of carboxylic acid groups (broad SMARTS) is 1. The first-order chi connectivity index (χ1) is 12.3. The number of aromatic hydroxyl groups is 1. The lowest BCUT2D eigenvalue weighted by Gasteiger charge is -2.19. The van der Waals surface area contributed by atoms with Crippen LogP contribution in [0.3, 0.4) is 0 Å². The molecule has 0 spiro atoms. The highest BCUT2D eigenvalue weighted by Gasteiger charge is 2.13. The summed E-state index contributed by atoms with van der Waals surface area (Å²) in [4.78, 5) is 10.8. The summed E-state index contributed by atoms with van der Waals surface area (Å²) in [5.41, 5.74) is 1.27. The van der Waals surface area contributed by atoms with Gasteiger partial charge in [0.25, 0.3) is 0 Å². The SMILES string of the molecule is CC(C)(C)c1ccc(OCCCCOc2ccc(C(=O)O)c(O)c2)cc1. The second kappa shape index (κ2) is 8.61. The zero-order valence-electron chi connectivity index (χ0n) is 15.5. The Balaban J connectivity index is 1.68. The molecule has 26 heavy (non-hydrogen) atoms. The molecule has 0 unspecified atom stereocenters. The van der Waals surface area contributed by atoms with E-state index in [-0.39, 0.29) is 16.7 Å². The van der Waals surface area contributed by atoms with Gasteiger partial charge in [-0.1, -0.05) is 32.9 Å². The summed E-state index contributed by atoms with van der Waals surface area (Å²) in [5, 5.41) is 18.5. The van der Waals surface area contributed by atoms with Crippen LogP contribution < -0.4 is 9.47 Å². The Bertz CT molecular complexity index is 729. The molecule has 0 saturated carbocycles. The summed E-state index contributed by atoms with van der Waals surface area (Å²) in [6.07, 6.45) is 1.63. The van der Waals surface area contributed by atoms with Crippen LogP contribution in [0.4, 0.5) is 0 Å². The standard InChI is InChI=1S/C21H26O5/c1-21(2,3)15-6-8-16(9-7-15)25-12-4-5-13-26-17-10-11-18(20(23)24)19(22)14-17/h6-11,14,22H,4-5,12-13H2,1-3H3,(H,23,24). The highest BCUT2D eigenvalue weighted by atomic mass is 16.5. The zero-order valence-corrected chi connectivity index (χ0v) is 15.5. The van der Waals surface area contributed by atoms with Crippen molar-refractivity contribution in [3.8, 4) is 17.2 Å². The normalized spacial score (nSPS) is 11.2. The topological polar surface area (TPSA) is 76.0 Å². The van der Waals surface area contributed by atoms with E-state index in [1.165, 1.54) is 23.8 Å². The third-order valence-electron chi connectivity index (χ3n) is 4.00. The number of carbonyl (C=O) groups is 1. The highest BCUT2D eigenvalue weighted by molar-refractivity contribution is 5.90. The highest BCUT2D eigenvalue weighted by Crippen LogP contribution is 2.25. The molecule has 0 heterocycles. The average molecular weight is 358 g/mol. The van der Waals surface area contributed by atoms with Gasteiger partial charge in [0.1, 0.15) is 22.8 Å². The summed E-state index contributed by atoms with van der Waals surface area (Å²) < 4.78 is 11.2. The maximum absolute atomic E-state index is 10.8. The molecule has 0 aliphatic rings. The van der Waals surface area contributed by atoms with Crippen molar-refractivity contribution in [3.63, 3.8) is 0 Å². The van der Waals surface area contributed by atoms with Gasteiger partial charge >= 0.3 is 5.97 Å². The first kappa shape index (κ1) is 19.6. The van der Waals surface area contributed by atoms with Gasteiger partial charge < -0.3 is 19.7 Å². The summed E-state index contributed by atoms with van der Waals surface area (Å²) in [7, 11) is 0. The fourth-order valence-electron chi connectivity index (χ4n) is 2.42. The number of unbranched alkanes of at least 4 members (excludes halogenated alkanes) is 1. The molecule has 0 radical (unpaired) electrons. The lowest BCUT2D eigenvalue weighted by molar-refractivity contribution is 0.0693. The maximum atomic E-state index is 10.8. The Labute approximate surface area is 154 Å². The van der Waals surface area contributed by atoms with Crippen LogP contribution in [-0.2, 0) is 5.41 Å². The molecule has 140 valence electrons. The summed E-state index contributed by atoms with van der Waals surface area (Å²) in [6.45, 7) is 7.60. The largest absolute Gasteiger partial charge is 0.507 e. The molecule has 5 nitrogen and oxygen atoms in total. The Kier molecular flexibility index (Phi) is 6.50. The average Bonchev–Trinajstić information content (AvgIpc) is 2.57. The minimum atomic E-state index is -1.17. The second-order valence-electron chi connectivity index (χ2n) is 7.16. The maximum Gasteiger partial charge on any atom is 0.339 e. The predicted molar refractivity (Wildman–Crippen MR) is 100 cm³/mol. The number of rotatable bonds is 8. The molecule has 0 saturated heterocycles. The van der Waals surface area contributed by atoms with Crippen molar-refractivity contribution in [3.05, 3.63) is 53.6 Å². The van der Waals surface area contributed by atoms with Crippen LogP contribution in [0, 0.1) is 0 Å². The molecular weight excluding hydrogens is 332 g/mol. The van der Waals surface area contributed by atoms with Crippen LogP contribution in [0.15, 0.2) is 42.5 Å². The molecule has 0 aromatic heterocycles. The molecule has 0 fully saturated rings. The van der Waals surface area contributed by atoms with Crippen molar-refractivity contribution >= 4 is 5.97 Å². The minimum absolute atomic E-state index is 0.132. The summed E-state index contributed by atoms with van der Waals surface area (Å²) in [5.74, 6) is -0.155. The summed E-state index contributed by atoms with van der Waals surface area (Å²) in [6, 6.07) is 12.3. The van der Waals surface area contributed by atoms with E-state index in [0.29, 0.717) is 19.0 Å². The van der Waals surface area contributed by atoms with Crippen molar-refractivity contribution in [1.82, 2.24) is 0 Å². The van der Waals surface area contributed by atoms with Crippen molar-refractivity contribution in [2.75, 3.05) is 13.2 Å². The lowest BCUT2D eigenvalue weighted by atomic mass is 9.87. The van der Waals surface area contributed by atoms with Crippen LogP contribution in [0.25, 0.3) is 0 Å². The fraction of sp³-hybridized carbons (Fsp3) is 0.381. The monoisotopic (exact) mass is 358 g/mol. The predicted octanol–water partition coefficient (Wildman–Crippen LogP) is 4.63. The van der Waals surface area contributed by atoms with Gasteiger partial charge in [-0.3, -0.25) is 0 Å². The number of phenols is 1. The molecule has 0 aliphatic carbocycles. The van der Waals surface area contributed by atoms with E-state index in [1.807, 2.05) is 12.1 Å². The number of aromatic carboxylic acids is 1. The molecule has 2 N–H and O–H groups in total. The molecule has 2 aromatic rings. The molecule has 0 aliphatic heterocycles. The van der Waals surface area contributed by atoms with Gasteiger partial charge in [-0.25, -0.2) is 4.79 Å². The summed E-state index contributed by atoms with van der Waals surface area (Å²) >= 11 is 0. The molecule has 5 heteroatoms. The molecule has 2 aromatic carbocycles. The van der Waals surface area contributed by atoms with Crippen LogP contribution in [0.2, 0.25) is 0 Å². The van der Waals surface area contributed by atoms with Crippen LogP contribution in [-0.4, -0.2) is 29.4 Å². The van der Waals surface area contributed by atoms with Gasteiger partial charge in [-0.05, 0) is 48.1 Å². The van der Waals surface area contributed by atoms with Gasteiger partial charge in [0.15, 0.2) is 0 Å². The van der Waals surface area contributed by atoms with Crippen molar-refractivity contribution in [1.29, 1.82) is 0 Å². The number of benzene rings is 2. The molecule has 0 bridgehead atoms. The van der Waals surface area contributed by atoms with E-state index in [4.69, 9.17) is 14.6 Å².